The third-order valence-electron chi connectivity index (χ3n) is 15.3. The molecule has 0 atom stereocenters. The van der Waals surface area contributed by atoms with Gasteiger partial charge >= 0.3 is 0 Å². The minimum absolute atomic E-state index is 0.0239. The van der Waals surface area contributed by atoms with Gasteiger partial charge in [0, 0.05) is 59.7 Å². The number of hydrogen-bond donors (Lipinski definition) is 0. The van der Waals surface area contributed by atoms with E-state index in [0.29, 0.717) is 0 Å². The number of fused-ring (bicyclic) bond motifs is 17. The van der Waals surface area contributed by atoms with E-state index in [0.717, 1.165) is 16.7 Å². The van der Waals surface area contributed by atoms with Crippen molar-refractivity contribution in [3.05, 3.63) is 168 Å². The van der Waals surface area contributed by atoms with E-state index >= 15 is 0 Å². The number of hydrogen-bond acceptors (Lipinski definition) is 1. The summed E-state index contributed by atoms with van der Waals surface area (Å²) in [7, 11) is 0. The number of aromatic nitrogens is 4. The second-order valence-electron chi connectivity index (χ2n) is 22.5. The average molecular weight is 865 g/mol. The smallest absolute Gasteiger partial charge is 0.146 e. The van der Waals surface area contributed by atoms with E-state index in [1.165, 1.54) is 126 Å². The second-order valence-corrected chi connectivity index (χ2v) is 22.5. The van der Waals surface area contributed by atoms with Crippen LogP contribution in [0, 0.1) is 0 Å². The standard InChI is InChI=1S/C63H52N4/c1-61(2,3)37-24-26-53-49(29-37)55-41-20-14-13-17-35(41)28-45-48-34-54-56(64-60(48)67(53)59(45)55)50-33-39(63(7,8)9)32-47-46-31-38(62(4,5)6)30-43(57(46)66(54)58(47)50)36-23-25-52-44(27-36)42-21-15-16-22-51(42)65(52)40-18-11-10-12-19-40/h10-34H,1-9H3. The first-order valence-electron chi connectivity index (χ1n) is 24.0. The molecule has 8 aromatic carbocycles. The molecule has 0 bridgehead atoms. The Morgan fingerprint density at radius 1 is 0.373 bits per heavy atom. The molecule has 14 aromatic rings. The molecule has 6 aromatic heterocycles. The van der Waals surface area contributed by atoms with Crippen molar-refractivity contribution in [2.24, 2.45) is 0 Å². The van der Waals surface area contributed by atoms with Crippen molar-refractivity contribution >= 4 is 109 Å². The van der Waals surface area contributed by atoms with Crippen LogP contribution in [0.4, 0.5) is 0 Å². The molecule has 0 amide bonds. The van der Waals surface area contributed by atoms with Crippen LogP contribution < -0.4 is 0 Å². The summed E-state index contributed by atoms with van der Waals surface area (Å²) in [5.74, 6) is 0. The molecule has 14 rings (SSSR count). The van der Waals surface area contributed by atoms with Crippen LogP contribution in [0.3, 0.4) is 0 Å². The van der Waals surface area contributed by atoms with Gasteiger partial charge in [0.25, 0.3) is 0 Å². The molecule has 4 nitrogen and oxygen atoms in total. The van der Waals surface area contributed by atoms with Crippen molar-refractivity contribution in [2.45, 2.75) is 78.6 Å². The Kier molecular flexibility index (Phi) is 7.36. The molecule has 0 aliphatic heterocycles. The van der Waals surface area contributed by atoms with Gasteiger partial charge in [0.2, 0.25) is 0 Å². The first kappa shape index (κ1) is 38.8. The number of nitrogens with zero attached hydrogens (tertiary/aromatic N) is 4. The van der Waals surface area contributed by atoms with Crippen LogP contribution in [-0.2, 0) is 16.2 Å². The normalized spacial score (nSPS) is 13.4. The summed E-state index contributed by atoms with van der Waals surface area (Å²) >= 11 is 0. The summed E-state index contributed by atoms with van der Waals surface area (Å²) in [6.45, 7) is 21.0. The van der Waals surface area contributed by atoms with E-state index in [1.807, 2.05) is 0 Å². The van der Waals surface area contributed by atoms with Crippen molar-refractivity contribution in [1.29, 1.82) is 0 Å². The van der Waals surface area contributed by atoms with Gasteiger partial charge in [-0.3, -0.25) is 4.40 Å². The molecule has 67 heavy (non-hydrogen) atoms. The van der Waals surface area contributed by atoms with Gasteiger partial charge in [0.05, 0.1) is 44.1 Å². The first-order chi connectivity index (χ1) is 32.1. The van der Waals surface area contributed by atoms with E-state index in [9.17, 15) is 0 Å². The van der Waals surface area contributed by atoms with Gasteiger partial charge < -0.3 is 8.97 Å². The number of pyridine rings is 1. The third-order valence-corrected chi connectivity index (χ3v) is 15.3. The zero-order chi connectivity index (χ0) is 45.6. The molecule has 0 saturated carbocycles. The van der Waals surface area contributed by atoms with Crippen molar-refractivity contribution in [1.82, 2.24) is 18.4 Å². The van der Waals surface area contributed by atoms with Gasteiger partial charge in [-0.25, -0.2) is 4.98 Å². The lowest BCUT2D eigenvalue weighted by Gasteiger charge is -2.22. The van der Waals surface area contributed by atoms with E-state index in [4.69, 9.17) is 4.98 Å². The third kappa shape index (κ3) is 5.16. The highest BCUT2D eigenvalue weighted by molar-refractivity contribution is 6.33. The highest BCUT2D eigenvalue weighted by Gasteiger charge is 2.30. The molecule has 4 heteroatoms. The van der Waals surface area contributed by atoms with Crippen molar-refractivity contribution < 1.29 is 0 Å². The highest BCUT2D eigenvalue weighted by Crippen LogP contribution is 2.49. The number of para-hydroxylation sites is 2. The maximum absolute atomic E-state index is 5.90. The van der Waals surface area contributed by atoms with Crippen LogP contribution in [0.1, 0.15) is 79.0 Å². The monoisotopic (exact) mass is 864 g/mol. The van der Waals surface area contributed by atoms with Gasteiger partial charge in [-0.2, -0.15) is 0 Å². The summed E-state index contributed by atoms with van der Waals surface area (Å²) in [6.07, 6.45) is 0. The van der Waals surface area contributed by atoms with Crippen LogP contribution in [0.25, 0.3) is 126 Å². The fourth-order valence-electron chi connectivity index (χ4n) is 11.8. The second kappa shape index (κ2) is 12.7. The van der Waals surface area contributed by atoms with E-state index in [2.05, 4.69) is 227 Å². The maximum Gasteiger partial charge on any atom is 0.146 e. The van der Waals surface area contributed by atoms with E-state index < -0.39 is 0 Å². The Labute approximate surface area is 389 Å². The zero-order valence-corrected chi connectivity index (χ0v) is 39.7. The van der Waals surface area contributed by atoms with Gasteiger partial charge in [-0.05, 0) is 128 Å². The van der Waals surface area contributed by atoms with Crippen LogP contribution in [0.2, 0.25) is 0 Å². The minimum Gasteiger partial charge on any atom is -0.309 e. The maximum atomic E-state index is 5.90. The predicted octanol–water partition coefficient (Wildman–Crippen LogP) is 17.2. The number of rotatable bonds is 2. The fraction of sp³-hybridized carbons (Fsp3) is 0.190. The lowest BCUT2D eigenvalue weighted by molar-refractivity contribution is 0.591. The largest absolute Gasteiger partial charge is 0.309 e. The molecule has 0 spiro atoms. The Morgan fingerprint density at radius 3 is 1.75 bits per heavy atom. The summed E-state index contributed by atoms with van der Waals surface area (Å²) in [5, 5.41) is 13.9. The SMILES string of the molecule is CC(C)(C)c1ccc2c(c1)c1c3ccccc3cc3c4cc5c(nc4n2c31)c1cc(C(C)(C)C)cc2c3cc(C(C)(C)C)cc(-c4ccc6c(c4)c4ccccc4n6-c4ccccc4)c3n5c21. The quantitative estimate of drug-likeness (QED) is 0.170. The van der Waals surface area contributed by atoms with Gasteiger partial charge in [0.15, 0.2) is 0 Å². The average Bonchev–Trinajstić information content (AvgIpc) is 4.09. The molecule has 0 unspecified atom stereocenters. The summed E-state index contributed by atoms with van der Waals surface area (Å²) < 4.78 is 7.48. The highest BCUT2D eigenvalue weighted by atomic mass is 15.0. The summed E-state index contributed by atoms with van der Waals surface area (Å²) in [5.41, 5.74) is 18.1. The van der Waals surface area contributed by atoms with E-state index in [-0.39, 0.29) is 16.2 Å². The molecule has 0 aliphatic rings. The molecule has 0 saturated heterocycles. The minimum atomic E-state index is -0.0784. The van der Waals surface area contributed by atoms with Crippen LogP contribution in [0.15, 0.2) is 152 Å². The van der Waals surface area contributed by atoms with Crippen LogP contribution in [-0.4, -0.2) is 18.4 Å². The summed E-state index contributed by atoms with van der Waals surface area (Å²) in [4.78, 5) is 5.90. The predicted molar refractivity (Wildman–Crippen MR) is 287 cm³/mol. The Hall–Kier alpha value is -7.43. The topological polar surface area (TPSA) is 26.6 Å². The Balaban J connectivity index is 1.16. The van der Waals surface area contributed by atoms with Gasteiger partial charge in [-0.15, -0.1) is 0 Å². The molecule has 6 heterocycles. The lowest BCUT2D eigenvalue weighted by atomic mass is 9.83. The molecule has 324 valence electrons. The molecule has 0 radical (unpaired) electrons. The van der Waals surface area contributed by atoms with Crippen LogP contribution in [0.5, 0.6) is 0 Å². The first-order valence-corrected chi connectivity index (χ1v) is 24.0. The Bertz CT molecular complexity index is 4420. The Morgan fingerprint density at radius 2 is 0.985 bits per heavy atom. The summed E-state index contributed by atoms with van der Waals surface area (Å²) in [6, 6.07) is 57.7. The fourth-order valence-corrected chi connectivity index (χ4v) is 11.8. The van der Waals surface area contributed by atoms with Crippen LogP contribution >= 0.6 is 0 Å². The molecule has 0 N–H and O–H groups in total. The molecular weight excluding hydrogens is 813 g/mol. The van der Waals surface area contributed by atoms with E-state index in [1.54, 1.807) is 0 Å². The number of benzene rings is 8. The van der Waals surface area contributed by atoms with Crippen molar-refractivity contribution in [3.8, 4) is 16.8 Å². The van der Waals surface area contributed by atoms with Crippen molar-refractivity contribution in [3.63, 3.8) is 0 Å². The van der Waals surface area contributed by atoms with Gasteiger partial charge in [0.1, 0.15) is 5.65 Å². The zero-order valence-electron chi connectivity index (χ0n) is 39.7. The lowest BCUT2D eigenvalue weighted by Crippen LogP contribution is -2.11. The molecule has 0 fully saturated rings. The van der Waals surface area contributed by atoms with Crippen molar-refractivity contribution in [2.75, 3.05) is 0 Å². The molecule has 0 aliphatic carbocycles. The van der Waals surface area contributed by atoms with Gasteiger partial charge in [-0.1, -0.05) is 135 Å². The molecular formula is C63H52N4.